The minimum Gasteiger partial charge on any atom is -0.405 e. The first kappa shape index (κ1) is 16.4. The summed E-state index contributed by atoms with van der Waals surface area (Å²) >= 11 is 5.27. The molecule has 0 N–H and O–H groups in total. The van der Waals surface area contributed by atoms with Crippen LogP contribution in [-0.4, -0.2) is 11.3 Å². The van der Waals surface area contributed by atoms with Crippen LogP contribution >= 0.6 is 11.6 Å². The van der Waals surface area contributed by atoms with E-state index in [2.05, 4.69) is 9.72 Å². The molecule has 0 atom stereocenters. The maximum absolute atomic E-state index is 12.6. The average Bonchev–Trinajstić information content (AvgIpc) is 2.27. The number of rotatable bonds is 3. The van der Waals surface area contributed by atoms with Crippen LogP contribution in [0, 0.1) is 11.3 Å². The van der Waals surface area contributed by atoms with Gasteiger partial charge in [-0.25, -0.2) is 0 Å². The van der Waals surface area contributed by atoms with Crippen molar-refractivity contribution in [3.8, 4) is 11.8 Å². The summed E-state index contributed by atoms with van der Waals surface area (Å²) in [5.41, 5.74) is -2.95. The Hall–Kier alpha value is -1.69. The zero-order valence-corrected chi connectivity index (χ0v) is 10.2. The molecule has 110 valence electrons. The van der Waals surface area contributed by atoms with Crippen molar-refractivity contribution in [2.75, 3.05) is 0 Å². The molecule has 0 unspecified atom stereocenters. The smallest absolute Gasteiger partial charge is 0.405 e. The molecule has 20 heavy (non-hydrogen) atoms. The fourth-order valence-corrected chi connectivity index (χ4v) is 1.65. The third kappa shape index (κ3) is 3.90. The zero-order valence-electron chi connectivity index (χ0n) is 9.44. The van der Waals surface area contributed by atoms with Crippen molar-refractivity contribution in [1.29, 1.82) is 5.26 Å². The van der Waals surface area contributed by atoms with Crippen LogP contribution in [0.2, 0.25) is 0 Å². The van der Waals surface area contributed by atoms with Gasteiger partial charge in [-0.15, -0.1) is 24.8 Å². The lowest BCUT2D eigenvalue weighted by molar-refractivity contribution is -0.275. The van der Waals surface area contributed by atoms with Gasteiger partial charge < -0.3 is 4.74 Å². The van der Waals surface area contributed by atoms with Crippen LogP contribution in [0.3, 0.4) is 0 Å². The molecule has 0 aliphatic heterocycles. The Bertz CT molecular complexity index is 534. The number of hydrogen-bond donors (Lipinski definition) is 0. The zero-order chi connectivity index (χ0) is 15.6. The van der Waals surface area contributed by atoms with Crippen LogP contribution in [0.4, 0.5) is 26.3 Å². The summed E-state index contributed by atoms with van der Waals surface area (Å²) in [5.74, 6) is -2.02. The summed E-state index contributed by atoms with van der Waals surface area (Å²) in [6.45, 7) is 0. The summed E-state index contributed by atoms with van der Waals surface area (Å²) < 4.78 is 78.3. The number of ether oxygens (including phenoxy) is 1. The van der Waals surface area contributed by atoms with E-state index in [1.165, 1.54) is 6.07 Å². The van der Waals surface area contributed by atoms with Crippen molar-refractivity contribution in [2.24, 2.45) is 0 Å². The van der Waals surface area contributed by atoms with E-state index in [0.717, 1.165) is 0 Å². The van der Waals surface area contributed by atoms with Gasteiger partial charge in [0.25, 0.3) is 0 Å². The fraction of sp³-hybridized carbons (Fsp3) is 0.400. The fourth-order valence-electron chi connectivity index (χ4n) is 1.40. The molecule has 1 aromatic rings. The normalized spacial score (nSPS) is 12.1. The number of halogens is 7. The van der Waals surface area contributed by atoms with Gasteiger partial charge in [-0.1, -0.05) is 0 Å². The molecule has 0 spiro atoms. The standard InChI is InChI=1S/C10H5ClF6N2O/c11-3-6-7(20-10(15,16)17)5(1-2-18)4-19-8(6)9(12,13)14/h4H,1,3H2. The predicted octanol–water partition coefficient (Wildman–Crippen LogP) is 3.80. The van der Waals surface area contributed by atoms with E-state index < -0.39 is 47.4 Å². The second-order valence-electron chi connectivity index (χ2n) is 3.45. The van der Waals surface area contributed by atoms with E-state index in [1.807, 2.05) is 0 Å². The van der Waals surface area contributed by atoms with E-state index >= 15 is 0 Å². The van der Waals surface area contributed by atoms with E-state index in [1.54, 1.807) is 0 Å². The maximum Gasteiger partial charge on any atom is 0.573 e. The molecule has 0 bridgehead atoms. The minimum atomic E-state index is -5.21. The lowest BCUT2D eigenvalue weighted by atomic mass is 10.1. The van der Waals surface area contributed by atoms with Crippen LogP contribution < -0.4 is 4.74 Å². The van der Waals surface area contributed by atoms with E-state index in [0.29, 0.717) is 6.20 Å². The van der Waals surface area contributed by atoms with E-state index in [4.69, 9.17) is 16.9 Å². The van der Waals surface area contributed by atoms with E-state index in [-0.39, 0.29) is 0 Å². The summed E-state index contributed by atoms with van der Waals surface area (Å²) in [7, 11) is 0. The van der Waals surface area contributed by atoms with Crippen molar-refractivity contribution in [1.82, 2.24) is 4.98 Å². The first-order chi connectivity index (χ1) is 9.10. The van der Waals surface area contributed by atoms with Gasteiger partial charge in [-0.2, -0.15) is 18.4 Å². The molecule has 0 amide bonds. The Kier molecular flexibility index (Phi) is 4.70. The molecule has 0 aromatic carbocycles. The first-order valence-electron chi connectivity index (χ1n) is 4.86. The highest BCUT2D eigenvalue weighted by atomic mass is 35.5. The van der Waals surface area contributed by atoms with Crippen molar-refractivity contribution >= 4 is 11.6 Å². The Morgan fingerprint density at radius 2 is 1.85 bits per heavy atom. The number of nitriles is 1. The molecule has 0 radical (unpaired) electrons. The molecular formula is C10H5ClF6N2O. The van der Waals surface area contributed by atoms with Gasteiger partial charge >= 0.3 is 12.5 Å². The topological polar surface area (TPSA) is 45.9 Å². The van der Waals surface area contributed by atoms with Crippen LogP contribution in [-0.2, 0) is 18.5 Å². The third-order valence-corrected chi connectivity index (χ3v) is 2.36. The Morgan fingerprint density at radius 1 is 1.25 bits per heavy atom. The Morgan fingerprint density at radius 3 is 2.25 bits per heavy atom. The van der Waals surface area contributed by atoms with Crippen LogP contribution in [0.5, 0.6) is 5.75 Å². The van der Waals surface area contributed by atoms with E-state index in [9.17, 15) is 26.3 Å². The SMILES string of the molecule is N#CCc1cnc(C(F)(F)F)c(CCl)c1OC(F)(F)F. The van der Waals surface area contributed by atoms with Gasteiger partial charge in [0.1, 0.15) is 5.75 Å². The van der Waals surface area contributed by atoms with Gasteiger partial charge in [0.05, 0.1) is 18.4 Å². The number of nitrogens with zero attached hydrogens (tertiary/aromatic N) is 2. The van der Waals surface area contributed by atoms with Crippen molar-refractivity contribution in [2.45, 2.75) is 24.8 Å². The molecule has 1 aromatic heterocycles. The molecule has 0 saturated carbocycles. The summed E-state index contributed by atoms with van der Waals surface area (Å²) in [6.07, 6.45) is -10.3. The van der Waals surface area contributed by atoms with Crippen molar-refractivity contribution in [3.05, 3.63) is 23.0 Å². The molecule has 0 aliphatic carbocycles. The number of hydrogen-bond acceptors (Lipinski definition) is 3. The molecule has 0 fully saturated rings. The number of alkyl halides is 7. The van der Waals surface area contributed by atoms with Crippen molar-refractivity contribution < 1.29 is 31.1 Å². The van der Waals surface area contributed by atoms with Gasteiger partial charge in [-0.3, -0.25) is 4.98 Å². The molecule has 0 saturated heterocycles. The average molecular weight is 319 g/mol. The highest BCUT2D eigenvalue weighted by molar-refractivity contribution is 6.17. The monoisotopic (exact) mass is 318 g/mol. The lowest BCUT2D eigenvalue weighted by Crippen LogP contribution is -2.21. The third-order valence-electron chi connectivity index (χ3n) is 2.09. The largest absolute Gasteiger partial charge is 0.573 e. The molecule has 10 heteroatoms. The lowest BCUT2D eigenvalue weighted by Gasteiger charge is -2.18. The van der Waals surface area contributed by atoms with Crippen LogP contribution in [0.25, 0.3) is 0 Å². The molecular weight excluding hydrogens is 314 g/mol. The predicted molar refractivity (Wildman–Crippen MR) is 54.8 cm³/mol. The van der Waals surface area contributed by atoms with Gasteiger partial charge in [0, 0.05) is 17.3 Å². The van der Waals surface area contributed by atoms with Crippen LogP contribution in [0.1, 0.15) is 16.8 Å². The molecule has 0 aliphatic rings. The Balaban J connectivity index is 3.51. The second kappa shape index (κ2) is 5.75. The first-order valence-corrected chi connectivity index (χ1v) is 5.40. The highest BCUT2D eigenvalue weighted by Crippen LogP contribution is 2.39. The van der Waals surface area contributed by atoms with Gasteiger partial charge in [0.15, 0.2) is 5.69 Å². The maximum atomic E-state index is 12.6. The summed E-state index contributed by atoms with van der Waals surface area (Å²) in [5, 5.41) is 8.47. The minimum absolute atomic E-state index is 0.423. The molecule has 3 nitrogen and oxygen atoms in total. The van der Waals surface area contributed by atoms with Gasteiger partial charge in [0.2, 0.25) is 0 Å². The second-order valence-corrected chi connectivity index (χ2v) is 3.72. The number of pyridine rings is 1. The molecule has 1 heterocycles. The highest BCUT2D eigenvalue weighted by Gasteiger charge is 2.40. The summed E-state index contributed by atoms with van der Waals surface area (Å²) in [4.78, 5) is 3.02. The van der Waals surface area contributed by atoms with Crippen LogP contribution in [0.15, 0.2) is 6.20 Å². The Labute approximate surface area is 113 Å². The number of aromatic nitrogens is 1. The quantitative estimate of drug-likeness (QED) is 0.629. The molecule has 1 rings (SSSR count). The van der Waals surface area contributed by atoms with Crippen molar-refractivity contribution in [3.63, 3.8) is 0 Å². The summed E-state index contributed by atoms with van der Waals surface area (Å²) in [6, 6.07) is 1.51. The van der Waals surface area contributed by atoms with Gasteiger partial charge in [-0.05, 0) is 0 Å².